The lowest BCUT2D eigenvalue weighted by atomic mass is 9.94. The van der Waals surface area contributed by atoms with E-state index in [0.717, 1.165) is 13.1 Å². The highest BCUT2D eigenvalue weighted by molar-refractivity contribution is 7.89. The van der Waals surface area contributed by atoms with Crippen LogP contribution < -0.4 is 4.72 Å². The summed E-state index contributed by atoms with van der Waals surface area (Å²) < 4.78 is 54.9. The van der Waals surface area contributed by atoms with Crippen molar-refractivity contribution in [2.45, 2.75) is 74.2 Å². The molecule has 0 radical (unpaired) electrons. The molecule has 0 amide bonds. The van der Waals surface area contributed by atoms with Crippen molar-refractivity contribution < 1.29 is 16.8 Å². The molecule has 2 fully saturated rings. The van der Waals surface area contributed by atoms with Gasteiger partial charge in [-0.05, 0) is 50.5 Å². The number of sulfonamides is 2. The molecule has 1 saturated heterocycles. The molecule has 1 unspecified atom stereocenters. The maximum absolute atomic E-state index is 13.0. The Balaban J connectivity index is 1.65. The maximum Gasteiger partial charge on any atom is 0.243 e. The van der Waals surface area contributed by atoms with Crippen LogP contribution in [0.3, 0.4) is 0 Å². The minimum atomic E-state index is -3.64. The van der Waals surface area contributed by atoms with Crippen molar-refractivity contribution in [3.8, 4) is 0 Å². The highest BCUT2D eigenvalue weighted by Gasteiger charge is 2.31. The van der Waals surface area contributed by atoms with Gasteiger partial charge in [0.05, 0.1) is 9.79 Å². The summed E-state index contributed by atoms with van der Waals surface area (Å²) in [5.41, 5.74) is 0. The SMILES string of the molecule is CCC(C)NS(=O)(=O)c1ccc(S(=O)(=O)N2CCN(C3CCCCC3)CC2)cc1. The maximum atomic E-state index is 13.0. The van der Waals surface area contributed by atoms with Crippen molar-refractivity contribution in [1.29, 1.82) is 0 Å². The molecule has 0 bridgehead atoms. The fraction of sp³-hybridized carbons (Fsp3) is 0.700. The largest absolute Gasteiger partial charge is 0.298 e. The van der Waals surface area contributed by atoms with Crippen LogP contribution in [0.1, 0.15) is 52.4 Å². The molecule has 0 spiro atoms. The Kier molecular flexibility index (Phi) is 7.37. The van der Waals surface area contributed by atoms with Gasteiger partial charge >= 0.3 is 0 Å². The molecule has 1 aliphatic carbocycles. The summed E-state index contributed by atoms with van der Waals surface area (Å²) >= 11 is 0. The Bertz CT molecular complexity index is 871. The van der Waals surface area contributed by atoms with Crippen LogP contribution in [0.2, 0.25) is 0 Å². The lowest BCUT2D eigenvalue weighted by Gasteiger charge is -2.40. The quantitative estimate of drug-likeness (QED) is 0.699. The number of hydrogen-bond acceptors (Lipinski definition) is 5. The van der Waals surface area contributed by atoms with Crippen LogP contribution in [-0.4, -0.2) is 64.3 Å². The van der Waals surface area contributed by atoms with Gasteiger partial charge in [0.15, 0.2) is 0 Å². The number of rotatable bonds is 7. The Labute approximate surface area is 175 Å². The zero-order valence-corrected chi connectivity index (χ0v) is 19.0. The third kappa shape index (κ3) is 5.38. The van der Waals surface area contributed by atoms with E-state index in [-0.39, 0.29) is 15.8 Å². The predicted molar refractivity (Wildman–Crippen MR) is 114 cm³/mol. The Hall–Kier alpha value is -1.00. The summed E-state index contributed by atoms with van der Waals surface area (Å²) in [4.78, 5) is 2.66. The van der Waals surface area contributed by atoms with Crippen molar-refractivity contribution in [3.63, 3.8) is 0 Å². The van der Waals surface area contributed by atoms with Gasteiger partial charge < -0.3 is 0 Å². The minimum absolute atomic E-state index is 0.0823. The topological polar surface area (TPSA) is 86.8 Å². The molecule has 1 aromatic carbocycles. The fourth-order valence-electron chi connectivity index (χ4n) is 4.11. The highest BCUT2D eigenvalue weighted by Crippen LogP contribution is 2.25. The fourth-order valence-corrected chi connectivity index (χ4v) is 6.86. The van der Waals surface area contributed by atoms with Crippen molar-refractivity contribution in [1.82, 2.24) is 13.9 Å². The van der Waals surface area contributed by atoms with Gasteiger partial charge in [-0.3, -0.25) is 4.90 Å². The molecule has 9 heteroatoms. The smallest absolute Gasteiger partial charge is 0.243 e. The second-order valence-corrected chi connectivity index (χ2v) is 11.8. The van der Waals surface area contributed by atoms with Crippen LogP contribution in [0.4, 0.5) is 0 Å². The highest BCUT2D eigenvalue weighted by atomic mass is 32.2. The second kappa shape index (κ2) is 9.43. The van der Waals surface area contributed by atoms with Gasteiger partial charge in [0, 0.05) is 38.3 Å². The first-order chi connectivity index (χ1) is 13.7. The molecule has 29 heavy (non-hydrogen) atoms. The van der Waals surface area contributed by atoms with Crippen LogP contribution in [-0.2, 0) is 20.0 Å². The van der Waals surface area contributed by atoms with E-state index in [4.69, 9.17) is 0 Å². The molecule has 2 aliphatic rings. The van der Waals surface area contributed by atoms with Crippen molar-refractivity contribution >= 4 is 20.0 Å². The van der Waals surface area contributed by atoms with E-state index in [1.54, 1.807) is 6.92 Å². The Morgan fingerprint density at radius 3 is 2.03 bits per heavy atom. The number of piperazine rings is 1. The van der Waals surface area contributed by atoms with Gasteiger partial charge in [-0.15, -0.1) is 0 Å². The number of nitrogens with one attached hydrogen (secondary N) is 1. The third-order valence-electron chi connectivity index (χ3n) is 6.10. The van der Waals surface area contributed by atoms with Crippen LogP contribution >= 0.6 is 0 Å². The lowest BCUT2D eigenvalue weighted by molar-refractivity contribution is 0.111. The first-order valence-corrected chi connectivity index (χ1v) is 13.5. The van der Waals surface area contributed by atoms with Gasteiger partial charge in [0.1, 0.15) is 0 Å². The van der Waals surface area contributed by atoms with Crippen LogP contribution in [0, 0.1) is 0 Å². The zero-order valence-electron chi connectivity index (χ0n) is 17.4. The van der Waals surface area contributed by atoms with E-state index in [0.29, 0.717) is 25.6 Å². The van der Waals surface area contributed by atoms with Crippen LogP contribution in [0.5, 0.6) is 0 Å². The lowest BCUT2D eigenvalue weighted by Crippen LogP contribution is -2.52. The summed E-state index contributed by atoms with van der Waals surface area (Å²) in [6, 6.07) is 5.95. The normalized spacial score (nSPS) is 21.9. The first kappa shape index (κ1) is 22.7. The minimum Gasteiger partial charge on any atom is -0.298 e. The monoisotopic (exact) mass is 443 g/mol. The van der Waals surface area contributed by atoms with E-state index in [1.165, 1.54) is 60.7 Å². The summed E-state index contributed by atoms with van der Waals surface area (Å²) in [7, 11) is -7.26. The molecule has 1 aliphatic heterocycles. The average molecular weight is 444 g/mol. The molecular weight excluding hydrogens is 410 g/mol. The van der Waals surface area contributed by atoms with Crippen LogP contribution in [0.15, 0.2) is 34.1 Å². The summed E-state index contributed by atoms with van der Waals surface area (Å²) in [6.07, 6.45) is 6.96. The molecule has 1 saturated carbocycles. The van der Waals surface area contributed by atoms with E-state index in [9.17, 15) is 16.8 Å². The zero-order chi connectivity index (χ0) is 21.1. The van der Waals surface area contributed by atoms with Gasteiger partial charge in [0.2, 0.25) is 20.0 Å². The first-order valence-electron chi connectivity index (χ1n) is 10.6. The average Bonchev–Trinajstić information content (AvgIpc) is 2.74. The number of benzene rings is 1. The van der Waals surface area contributed by atoms with E-state index in [1.807, 2.05) is 6.92 Å². The second-order valence-electron chi connectivity index (χ2n) is 8.13. The van der Waals surface area contributed by atoms with Crippen molar-refractivity contribution in [2.24, 2.45) is 0 Å². The molecule has 1 atom stereocenters. The molecule has 0 aromatic heterocycles. The Morgan fingerprint density at radius 1 is 0.931 bits per heavy atom. The Morgan fingerprint density at radius 2 is 1.48 bits per heavy atom. The number of hydrogen-bond donors (Lipinski definition) is 1. The van der Waals surface area contributed by atoms with E-state index < -0.39 is 20.0 Å². The van der Waals surface area contributed by atoms with Crippen LogP contribution in [0.25, 0.3) is 0 Å². The molecule has 1 heterocycles. The molecule has 7 nitrogen and oxygen atoms in total. The van der Waals surface area contributed by atoms with Gasteiger partial charge in [-0.1, -0.05) is 26.2 Å². The molecule has 1 N–H and O–H groups in total. The summed E-state index contributed by atoms with van der Waals surface area (Å²) in [6.45, 7) is 6.17. The molecule has 3 rings (SSSR count). The van der Waals surface area contributed by atoms with Crippen molar-refractivity contribution in [2.75, 3.05) is 26.2 Å². The van der Waals surface area contributed by atoms with E-state index in [2.05, 4.69) is 9.62 Å². The van der Waals surface area contributed by atoms with Gasteiger partial charge in [-0.2, -0.15) is 4.31 Å². The van der Waals surface area contributed by atoms with Gasteiger partial charge in [-0.25, -0.2) is 21.6 Å². The van der Waals surface area contributed by atoms with Crippen molar-refractivity contribution in [3.05, 3.63) is 24.3 Å². The van der Waals surface area contributed by atoms with Gasteiger partial charge in [0.25, 0.3) is 0 Å². The molecule has 164 valence electrons. The summed E-state index contributed by atoms with van der Waals surface area (Å²) in [5.74, 6) is 0. The number of nitrogens with zero attached hydrogens (tertiary/aromatic N) is 2. The van der Waals surface area contributed by atoms with E-state index >= 15 is 0 Å². The predicted octanol–water partition coefficient (Wildman–Crippen LogP) is 2.40. The summed E-state index contributed by atoms with van der Waals surface area (Å²) in [5, 5.41) is 0. The third-order valence-corrected chi connectivity index (χ3v) is 9.62. The molecule has 1 aromatic rings. The molecular formula is C20H33N3O4S2. The standard InChI is InChI=1S/C20H33N3O4S2/c1-3-17(2)21-28(24,25)19-9-11-20(12-10-19)29(26,27)23-15-13-22(14-16-23)18-7-5-4-6-8-18/h9-12,17-18,21H,3-8,13-16H2,1-2H3.